The minimum atomic E-state index is -0.952. The molecule has 0 saturated heterocycles. The number of nitrogens with one attached hydrogen (secondary N) is 2. The Bertz CT molecular complexity index is 1240. The van der Waals surface area contributed by atoms with Gasteiger partial charge in [0.2, 0.25) is 5.91 Å². The van der Waals surface area contributed by atoms with Gasteiger partial charge in [-0.3, -0.25) is 14.3 Å². The number of aliphatic hydroxyl groups excluding tert-OH is 1. The molecule has 2 amide bonds. The van der Waals surface area contributed by atoms with Crippen molar-refractivity contribution in [1.82, 2.24) is 20.4 Å². The van der Waals surface area contributed by atoms with E-state index in [1.54, 1.807) is 18.2 Å². The number of aromatic nitrogens is 2. The maximum absolute atomic E-state index is 14.7. The molecule has 0 spiro atoms. The maximum Gasteiger partial charge on any atom is 0.273 e. The van der Waals surface area contributed by atoms with Crippen molar-refractivity contribution in [2.75, 3.05) is 6.61 Å². The van der Waals surface area contributed by atoms with E-state index in [0.717, 1.165) is 5.56 Å². The summed E-state index contributed by atoms with van der Waals surface area (Å²) in [6.45, 7) is 5.50. The predicted molar refractivity (Wildman–Crippen MR) is 134 cm³/mol. The Hall–Kier alpha value is -3.77. The summed E-state index contributed by atoms with van der Waals surface area (Å²) in [4.78, 5) is 26.6. The fourth-order valence-electron chi connectivity index (χ4n) is 4.04. The minimum absolute atomic E-state index is 0.0219. The molecule has 9 heteroatoms. The highest BCUT2D eigenvalue weighted by Gasteiger charge is 2.35. The van der Waals surface area contributed by atoms with Gasteiger partial charge >= 0.3 is 0 Å². The van der Waals surface area contributed by atoms with Crippen LogP contribution in [0.4, 0.5) is 4.39 Å². The first-order valence-electron chi connectivity index (χ1n) is 12.0. The van der Waals surface area contributed by atoms with Gasteiger partial charge in [0, 0.05) is 18.4 Å². The summed E-state index contributed by atoms with van der Waals surface area (Å²) in [6, 6.07) is 14.0. The lowest BCUT2D eigenvalue weighted by Gasteiger charge is -2.31. The molecule has 3 N–H and O–H groups in total. The van der Waals surface area contributed by atoms with Crippen molar-refractivity contribution in [3.8, 4) is 6.07 Å². The summed E-state index contributed by atoms with van der Waals surface area (Å²) in [7, 11) is 0. The van der Waals surface area contributed by atoms with Crippen LogP contribution in [0.25, 0.3) is 10.9 Å². The molecule has 36 heavy (non-hydrogen) atoms. The van der Waals surface area contributed by atoms with Crippen molar-refractivity contribution in [3.05, 3.63) is 65.6 Å². The van der Waals surface area contributed by atoms with E-state index in [-0.39, 0.29) is 17.8 Å². The highest BCUT2D eigenvalue weighted by Crippen LogP contribution is 2.25. The van der Waals surface area contributed by atoms with Crippen molar-refractivity contribution in [2.24, 2.45) is 5.41 Å². The zero-order chi connectivity index (χ0) is 26.3. The number of carbonyl (C=O) groups is 2. The number of nitriles is 1. The second kappa shape index (κ2) is 11.8. The lowest BCUT2D eigenvalue weighted by molar-refractivity contribution is -0.126. The van der Waals surface area contributed by atoms with E-state index in [1.165, 1.54) is 16.8 Å². The second-order valence-electron chi connectivity index (χ2n) is 9.75. The number of para-hydroxylation sites is 1. The third kappa shape index (κ3) is 6.26. The average Bonchev–Trinajstić information content (AvgIpc) is 3.23. The smallest absolute Gasteiger partial charge is 0.273 e. The Morgan fingerprint density at radius 2 is 1.83 bits per heavy atom. The van der Waals surface area contributed by atoms with Crippen LogP contribution in [0, 0.1) is 22.6 Å². The van der Waals surface area contributed by atoms with Gasteiger partial charge in [-0.25, -0.2) is 4.39 Å². The number of benzene rings is 2. The largest absolute Gasteiger partial charge is 0.394 e. The molecule has 3 rings (SSSR count). The van der Waals surface area contributed by atoms with Crippen LogP contribution in [0.3, 0.4) is 0 Å². The molecule has 1 unspecified atom stereocenters. The molecular formula is C27H32FN5O3. The van der Waals surface area contributed by atoms with E-state index in [4.69, 9.17) is 5.26 Å². The first kappa shape index (κ1) is 26.8. The number of rotatable bonds is 10. The third-order valence-electron chi connectivity index (χ3n) is 5.95. The van der Waals surface area contributed by atoms with Crippen molar-refractivity contribution in [1.29, 1.82) is 5.26 Å². The zero-order valence-electron chi connectivity index (χ0n) is 20.8. The van der Waals surface area contributed by atoms with Gasteiger partial charge in [0.25, 0.3) is 5.91 Å². The molecule has 3 aromatic rings. The van der Waals surface area contributed by atoms with Gasteiger partial charge in [0.1, 0.15) is 17.4 Å². The first-order chi connectivity index (χ1) is 17.2. The van der Waals surface area contributed by atoms with Crippen molar-refractivity contribution < 1.29 is 19.1 Å². The number of carbonyl (C=O) groups excluding carboxylic acids is 2. The number of aryl methyl sites for hydroxylation is 1. The Labute approximate surface area is 210 Å². The van der Waals surface area contributed by atoms with E-state index in [9.17, 15) is 19.1 Å². The fourth-order valence-corrected chi connectivity index (χ4v) is 4.04. The summed E-state index contributed by atoms with van der Waals surface area (Å²) >= 11 is 0. The van der Waals surface area contributed by atoms with E-state index in [0.29, 0.717) is 31.2 Å². The molecule has 1 aromatic heterocycles. The van der Waals surface area contributed by atoms with Crippen LogP contribution in [0.2, 0.25) is 0 Å². The summed E-state index contributed by atoms with van der Waals surface area (Å²) in [5, 5.41) is 28.9. The van der Waals surface area contributed by atoms with Crippen LogP contribution < -0.4 is 10.6 Å². The van der Waals surface area contributed by atoms with E-state index >= 15 is 0 Å². The zero-order valence-corrected chi connectivity index (χ0v) is 20.8. The summed E-state index contributed by atoms with van der Waals surface area (Å²) in [5.74, 6) is -1.56. The number of amides is 2. The van der Waals surface area contributed by atoms with E-state index in [1.807, 2.05) is 39.0 Å². The first-order valence-corrected chi connectivity index (χ1v) is 12.0. The summed E-state index contributed by atoms with van der Waals surface area (Å²) < 4.78 is 16.1. The molecule has 1 heterocycles. The van der Waals surface area contributed by atoms with Crippen molar-refractivity contribution in [3.63, 3.8) is 0 Å². The number of nitrogens with zero attached hydrogens (tertiary/aromatic N) is 3. The van der Waals surface area contributed by atoms with Gasteiger partial charge in [0.05, 0.1) is 18.7 Å². The number of hydrogen-bond acceptors (Lipinski definition) is 5. The van der Waals surface area contributed by atoms with Crippen LogP contribution >= 0.6 is 0 Å². The van der Waals surface area contributed by atoms with E-state index in [2.05, 4.69) is 21.8 Å². The number of aliphatic hydroxyl groups is 1. The molecule has 190 valence electrons. The normalized spacial score (nSPS) is 13.1. The Morgan fingerprint density at radius 1 is 1.11 bits per heavy atom. The molecular weight excluding hydrogens is 461 g/mol. The van der Waals surface area contributed by atoms with Crippen LogP contribution in [0.5, 0.6) is 0 Å². The molecule has 0 fully saturated rings. The standard InChI is InChI=1S/C27H32FN5O3/c1-27(2,3)24(26(36)30-21(17-34)18-11-6-4-7-12-18)31-25(35)22-19-13-10-14-20(28)23(19)33(32-22)16-9-5-8-15-29/h4,6-7,10-14,21,24,34H,5,8-9,16-17H2,1-3H3,(H,30,36)(H,31,35)/t21-,24?/m0/s1. The number of halogens is 1. The average molecular weight is 494 g/mol. The molecule has 2 atom stereocenters. The molecule has 0 bridgehead atoms. The van der Waals surface area contributed by atoms with Gasteiger partial charge in [-0.05, 0) is 29.9 Å². The quantitative estimate of drug-likeness (QED) is 0.371. The third-order valence-corrected chi connectivity index (χ3v) is 5.95. The Kier molecular flexibility index (Phi) is 8.78. The van der Waals surface area contributed by atoms with Gasteiger partial charge < -0.3 is 15.7 Å². The molecule has 0 aliphatic heterocycles. The fraction of sp³-hybridized carbons (Fsp3) is 0.407. The van der Waals surface area contributed by atoms with Crippen molar-refractivity contribution in [2.45, 2.75) is 58.7 Å². The summed E-state index contributed by atoms with van der Waals surface area (Å²) in [6.07, 6.45) is 1.62. The number of fused-ring (bicyclic) bond motifs is 1. The van der Waals surface area contributed by atoms with Gasteiger partial charge in [0.15, 0.2) is 5.69 Å². The Morgan fingerprint density at radius 3 is 2.47 bits per heavy atom. The topological polar surface area (TPSA) is 120 Å². The number of unbranched alkanes of at least 4 members (excludes halogenated alkanes) is 2. The van der Waals surface area contributed by atoms with Gasteiger partial charge in [-0.2, -0.15) is 10.4 Å². The van der Waals surface area contributed by atoms with Crippen LogP contribution in [0.1, 0.15) is 62.1 Å². The maximum atomic E-state index is 14.7. The molecule has 8 nitrogen and oxygen atoms in total. The Balaban J connectivity index is 1.86. The summed E-state index contributed by atoms with van der Waals surface area (Å²) in [5.41, 5.74) is 0.301. The monoisotopic (exact) mass is 493 g/mol. The molecule has 2 aromatic carbocycles. The molecule has 0 saturated carbocycles. The highest BCUT2D eigenvalue weighted by molar-refractivity contribution is 6.06. The second-order valence-corrected chi connectivity index (χ2v) is 9.75. The highest BCUT2D eigenvalue weighted by atomic mass is 19.1. The van der Waals surface area contributed by atoms with Crippen LogP contribution in [-0.4, -0.2) is 39.4 Å². The number of hydrogen-bond donors (Lipinski definition) is 3. The van der Waals surface area contributed by atoms with Gasteiger partial charge in [-0.15, -0.1) is 0 Å². The SMILES string of the molecule is CC(C)(C)C(NC(=O)c1nn(CCCCC#N)c2c(F)cccc12)C(=O)N[C@@H](CO)c1ccccc1. The minimum Gasteiger partial charge on any atom is -0.394 e. The molecule has 0 aliphatic rings. The predicted octanol–water partition coefficient (Wildman–Crippen LogP) is 3.86. The lowest BCUT2D eigenvalue weighted by Crippen LogP contribution is -2.54. The van der Waals surface area contributed by atoms with Crippen LogP contribution in [-0.2, 0) is 11.3 Å². The lowest BCUT2D eigenvalue weighted by atomic mass is 9.85. The molecule has 0 aliphatic carbocycles. The van der Waals surface area contributed by atoms with E-state index < -0.39 is 35.1 Å². The van der Waals surface area contributed by atoms with Gasteiger partial charge in [-0.1, -0.05) is 63.2 Å². The molecule has 0 radical (unpaired) electrons. The van der Waals surface area contributed by atoms with Crippen LogP contribution in [0.15, 0.2) is 48.5 Å². The van der Waals surface area contributed by atoms with Crippen molar-refractivity contribution >= 4 is 22.7 Å².